The average molecular weight is 953 g/mol. The molecule has 17 nitrogen and oxygen atoms in total. The number of rotatable bonds is 12. The van der Waals surface area contributed by atoms with Gasteiger partial charge >= 0.3 is 5.97 Å². The van der Waals surface area contributed by atoms with Crippen molar-refractivity contribution in [3.05, 3.63) is 11.6 Å². The Bertz CT molecular complexity index is 1740. The van der Waals surface area contributed by atoms with Crippen molar-refractivity contribution in [2.75, 3.05) is 27.9 Å². The maximum Gasteiger partial charge on any atom is 0.331 e. The minimum Gasteiger partial charge on any atom is -0.458 e. The number of ether oxygens (including phenoxy) is 12. The van der Waals surface area contributed by atoms with Crippen LogP contribution >= 0.6 is 0 Å². The largest absolute Gasteiger partial charge is 0.458 e. The third kappa shape index (κ3) is 9.23. The van der Waals surface area contributed by atoms with Gasteiger partial charge in [-0.15, -0.1) is 0 Å². The molecule has 4 aliphatic carbocycles. The van der Waals surface area contributed by atoms with E-state index >= 15 is 0 Å². The number of hydrogen-bond acceptors (Lipinski definition) is 17. The fraction of sp³-hybridized carbons (Fsp3) is 0.940. The highest BCUT2D eigenvalue weighted by atomic mass is 16.8. The lowest BCUT2D eigenvalue weighted by Gasteiger charge is -2.64. The molecule has 5 aliphatic heterocycles. The summed E-state index contributed by atoms with van der Waals surface area (Å²) in [7, 11) is 4.62. The fourth-order valence-corrected chi connectivity index (χ4v) is 14.9. The molecule has 0 amide bonds. The van der Waals surface area contributed by atoms with Crippen molar-refractivity contribution in [1.29, 1.82) is 0 Å². The van der Waals surface area contributed by atoms with Gasteiger partial charge in [-0.2, -0.15) is 0 Å². The van der Waals surface area contributed by atoms with E-state index in [1.165, 1.54) is 14.2 Å². The van der Waals surface area contributed by atoms with E-state index < -0.39 is 110 Å². The number of cyclic esters (lactones) is 1. The second kappa shape index (κ2) is 19.9. The predicted octanol–water partition coefficient (Wildman–Crippen LogP) is 4.06. The van der Waals surface area contributed by atoms with Crippen molar-refractivity contribution in [3.8, 4) is 0 Å². The van der Waals surface area contributed by atoms with Crippen LogP contribution in [0.3, 0.4) is 0 Å². The molecule has 17 heteroatoms. The summed E-state index contributed by atoms with van der Waals surface area (Å²) in [6.07, 6.45) is -0.760. The normalized spacial score (nSPS) is 53.6. The Hall–Kier alpha value is -1.39. The number of esters is 1. The molecule has 0 aromatic heterocycles. The summed E-state index contributed by atoms with van der Waals surface area (Å²) >= 11 is 0. The van der Waals surface area contributed by atoms with Crippen LogP contribution in [-0.2, 0) is 61.6 Å². The Morgan fingerprint density at radius 3 is 1.94 bits per heavy atom. The van der Waals surface area contributed by atoms with Crippen molar-refractivity contribution in [1.82, 2.24) is 0 Å². The van der Waals surface area contributed by atoms with Gasteiger partial charge in [-0.1, -0.05) is 13.8 Å². The van der Waals surface area contributed by atoms with Gasteiger partial charge in [-0.3, -0.25) is 0 Å². The molecule has 4 saturated heterocycles. The molecule has 4 saturated carbocycles. The van der Waals surface area contributed by atoms with Gasteiger partial charge < -0.3 is 77.3 Å². The van der Waals surface area contributed by atoms with E-state index in [0.717, 1.165) is 63.4 Å². The summed E-state index contributed by atoms with van der Waals surface area (Å²) in [4.78, 5) is 12.0. The van der Waals surface area contributed by atoms with Crippen molar-refractivity contribution >= 4 is 5.97 Å². The van der Waals surface area contributed by atoms with E-state index in [4.69, 9.17) is 56.8 Å². The quantitative estimate of drug-likeness (QED) is 0.161. The van der Waals surface area contributed by atoms with Gasteiger partial charge in [0.15, 0.2) is 25.2 Å². The first-order valence-corrected chi connectivity index (χ1v) is 25.4. The van der Waals surface area contributed by atoms with Gasteiger partial charge in [0.05, 0.1) is 54.4 Å². The minimum absolute atomic E-state index is 0.0127. The number of carbonyl (C=O) groups is 1. The molecule has 8 fully saturated rings. The fourth-order valence-electron chi connectivity index (χ4n) is 14.9. The highest BCUT2D eigenvalue weighted by molar-refractivity contribution is 5.85. The van der Waals surface area contributed by atoms with E-state index in [1.54, 1.807) is 20.1 Å². The van der Waals surface area contributed by atoms with Crippen molar-refractivity contribution in [2.24, 2.45) is 34.5 Å². The van der Waals surface area contributed by atoms with Crippen LogP contribution in [0, 0.1) is 34.5 Å². The molecule has 0 bridgehead atoms. The standard InChI is InChI=1S/C50H80O17/c1-24-41(53)35(56-7)21-39(60-24)66-45-27(4)63-47(42(54)46(45)58-9)67-44-26(3)62-40(22-36(44)57-8)65-43-25(2)61-38(20-34(43)51)64-30-12-15-48(5)29(19-30)10-11-33-32(48)13-16-49(6)31(14-17-50(33,49)55)28-18-37(52)59-23-28/h18,24-27,29-36,38-47,51,53-55H,10-17,19-23H2,1-9H3/t24-,25-,26-,27-,29+,30-,31-,32+,33-,34+,35+,36+,38+,39+,40+,41-,42-,43-,44-,45-,46-,47+,48+,49-,50+/m1/s1. The Morgan fingerprint density at radius 2 is 1.27 bits per heavy atom. The van der Waals surface area contributed by atoms with Gasteiger partial charge in [0.2, 0.25) is 0 Å². The van der Waals surface area contributed by atoms with Crippen LogP contribution in [0.2, 0.25) is 0 Å². The van der Waals surface area contributed by atoms with E-state index in [0.29, 0.717) is 24.9 Å². The van der Waals surface area contributed by atoms with Gasteiger partial charge in [0.25, 0.3) is 0 Å². The van der Waals surface area contributed by atoms with Crippen molar-refractivity contribution in [3.63, 3.8) is 0 Å². The van der Waals surface area contributed by atoms with Crippen LogP contribution in [-0.4, -0.2) is 171 Å². The molecule has 5 heterocycles. The highest BCUT2D eigenvalue weighted by Crippen LogP contribution is 2.70. The van der Waals surface area contributed by atoms with Crippen molar-refractivity contribution in [2.45, 2.75) is 235 Å². The minimum atomic E-state index is -1.23. The zero-order valence-corrected chi connectivity index (χ0v) is 41.1. The molecule has 4 N–H and O–H groups in total. The SMILES string of the molecule is CO[C@@H]1[C@@H](O)[C@H](O[C@H]2[C@@H](OC)C[C@H](O[C@H]3[C@@H](O)C[C@H](O[C@@H]4CC[C@@]5(C)[C@@H](CC[C@@H]6[C@@H]5CC[C@]5(C)[C@@H](C7=CC(=O)OC7)CC[C@]65O)C4)O[C@@H]3C)O[C@@H]2C)O[C@H](C)[C@H]1O[C@H]1C[C@H](OC)[C@H](O)[C@@H](C)O1. The zero-order valence-electron chi connectivity index (χ0n) is 41.1. The average Bonchev–Trinajstić information content (AvgIpc) is 3.84. The van der Waals surface area contributed by atoms with E-state index in [1.807, 2.05) is 20.8 Å². The first-order chi connectivity index (χ1) is 31.9. The molecule has 9 rings (SSSR count). The highest BCUT2D eigenvalue weighted by Gasteiger charge is 2.68. The molecule has 25 atom stereocenters. The lowest BCUT2D eigenvalue weighted by Crippen LogP contribution is -2.63. The number of methoxy groups -OCH3 is 3. The molecule has 0 spiro atoms. The monoisotopic (exact) mass is 953 g/mol. The molecule has 0 radical (unpaired) electrons. The number of aliphatic hydroxyl groups excluding tert-OH is 3. The summed E-state index contributed by atoms with van der Waals surface area (Å²) in [5.74, 6) is 1.09. The molecule has 382 valence electrons. The van der Waals surface area contributed by atoms with Gasteiger partial charge in [-0.05, 0) is 120 Å². The summed E-state index contributed by atoms with van der Waals surface area (Å²) in [6.45, 7) is 12.4. The van der Waals surface area contributed by atoms with Crippen LogP contribution in [0.15, 0.2) is 11.6 Å². The number of fused-ring (bicyclic) bond motifs is 5. The summed E-state index contributed by atoms with van der Waals surface area (Å²) in [6, 6.07) is 0. The Labute approximate surface area is 396 Å². The molecular formula is C50H80O17. The smallest absolute Gasteiger partial charge is 0.331 e. The maximum absolute atomic E-state index is 12.6. The summed E-state index contributed by atoms with van der Waals surface area (Å²) in [5.41, 5.74) is 0.178. The van der Waals surface area contributed by atoms with Gasteiger partial charge in [0.1, 0.15) is 43.2 Å². The van der Waals surface area contributed by atoms with Crippen LogP contribution in [0.25, 0.3) is 0 Å². The zero-order chi connectivity index (χ0) is 47.7. The van der Waals surface area contributed by atoms with E-state index in [2.05, 4.69) is 13.8 Å². The Kier molecular flexibility index (Phi) is 15.0. The third-order valence-corrected chi connectivity index (χ3v) is 18.7. The predicted molar refractivity (Wildman–Crippen MR) is 237 cm³/mol. The second-order valence-electron chi connectivity index (χ2n) is 22.2. The number of aliphatic hydroxyl groups is 4. The van der Waals surface area contributed by atoms with Crippen molar-refractivity contribution < 1.29 is 82.1 Å². The number of hydrogen-bond donors (Lipinski definition) is 4. The molecule has 0 aromatic rings. The van der Waals surface area contributed by atoms with Gasteiger partial charge in [-0.25, -0.2) is 4.79 Å². The first kappa shape index (κ1) is 50.5. The molecular weight excluding hydrogens is 873 g/mol. The third-order valence-electron chi connectivity index (χ3n) is 18.7. The molecule has 9 aliphatic rings. The lowest BCUT2D eigenvalue weighted by atomic mass is 9.43. The summed E-state index contributed by atoms with van der Waals surface area (Å²) in [5, 5.41) is 46.1. The Balaban J connectivity index is 0.752. The van der Waals surface area contributed by atoms with E-state index in [-0.39, 0.29) is 47.6 Å². The molecule has 0 unspecified atom stereocenters. The van der Waals surface area contributed by atoms with Crippen LogP contribution in [0.5, 0.6) is 0 Å². The van der Waals surface area contributed by atoms with Crippen LogP contribution < -0.4 is 0 Å². The Morgan fingerprint density at radius 1 is 0.612 bits per heavy atom. The van der Waals surface area contributed by atoms with Crippen LogP contribution in [0.1, 0.15) is 119 Å². The molecule has 0 aromatic carbocycles. The topological polar surface area (TPSA) is 209 Å². The number of carbonyl (C=O) groups excluding carboxylic acids is 1. The maximum atomic E-state index is 12.6. The second-order valence-corrected chi connectivity index (χ2v) is 22.2. The van der Waals surface area contributed by atoms with Crippen LogP contribution in [0.4, 0.5) is 0 Å². The van der Waals surface area contributed by atoms with E-state index in [9.17, 15) is 25.2 Å². The molecule has 67 heavy (non-hydrogen) atoms. The summed E-state index contributed by atoms with van der Waals surface area (Å²) < 4.78 is 73.3. The first-order valence-electron chi connectivity index (χ1n) is 25.4. The lowest BCUT2D eigenvalue weighted by molar-refractivity contribution is -0.364. The van der Waals surface area contributed by atoms with Gasteiger partial charge in [0, 0.05) is 52.1 Å².